The van der Waals surface area contributed by atoms with Gasteiger partial charge in [-0.3, -0.25) is 4.90 Å². The number of amides is 1. The molecular formula is C20H19NO4. The first-order valence-electron chi connectivity index (χ1n) is 8.42. The van der Waals surface area contributed by atoms with Crippen LogP contribution in [0, 0.1) is 5.92 Å². The van der Waals surface area contributed by atoms with E-state index in [1.165, 1.54) is 16.0 Å². The number of carbonyl (C=O) groups excluding carboxylic acids is 1. The maximum atomic E-state index is 12.3. The number of rotatable bonds is 3. The van der Waals surface area contributed by atoms with Crippen molar-refractivity contribution in [2.75, 3.05) is 13.2 Å². The Kier molecular flexibility index (Phi) is 3.71. The Morgan fingerprint density at radius 2 is 1.64 bits per heavy atom. The molecule has 2 aliphatic rings. The van der Waals surface area contributed by atoms with E-state index in [9.17, 15) is 14.7 Å². The molecule has 1 amide bonds. The first kappa shape index (κ1) is 15.7. The molecule has 128 valence electrons. The third kappa shape index (κ3) is 2.47. The predicted octanol–water partition coefficient (Wildman–Crippen LogP) is 3.34. The van der Waals surface area contributed by atoms with Crippen molar-refractivity contribution in [2.24, 2.45) is 5.92 Å². The Balaban J connectivity index is 1.52. The molecule has 0 bridgehead atoms. The molecule has 1 heterocycles. The Morgan fingerprint density at radius 1 is 1.08 bits per heavy atom. The van der Waals surface area contributed by atoms with Crippen LogP contribution in [0.15, 0.2) is 48.5 Å². The van der Waals surface area contributed by atoms with Crippen molar-refractivity contribution in [3.63, 3.8) is 0 Å². The Hall–Kier alpha value is -2.82. The molecule has 0 saturated carbocycles. The topological polar surface area (TPSA) is 66.8 Å². The fraction of sp³-hybridized carbons (Fsp3) is 0.300. The minimum absolute atomic E-state index is 0.0154. The van der Waals surface area contributed by atoms with E-state index in [0.717, 1.165) is 11.1 Å². The zero-order chi connectivity index (χ0) is 17.6. The Bertz CT molecular complexity index is 802. The standard InChI is InChI=1S/C20H19NO4/c1-12-10-21(18(12)19(22)23)20(24)25-11-17-15-8-4-2-6-13(15)14-7-3-5-9-16(14)17/h2-9,12,17-18H,10-11H2,1H3,(H,22,23)/t12-,18+/m0/s1. The molecule has 2 aromatic rings. The number of nitrogens with zero attached hydrogens (tertiary/aromatic N) is 1. The maximum absolute atomic E-state index is 12.3. The summed E-state index contributed by atoms with van der Waals surface area (Å²) in [4.78, 5) is 24.8. The summed E-state index contributed by atoms with van der Waals surface area (Å²) >= 11 is 0. The highest BCUT2D eigenvalue weighted by molar-refractivity contribution is 5.83. The summed E-state index contributed by atoms with van der Waals surface area (Å²) in [5, 5.41) is 9.21. The van der Waals surface area contributed by atoms with E-state index in [4.69, 9.17) is 4.74 Å². The average molecular weight is 337 g/mol. The zero-order valence-electron chi connectivity index (χ0n) is 13.9. The van der Waals surface area contributed by atoms with Crippen LogP contribution in [0.3, 0.4) is 0 Å². The van der Waals surface area contributed by atoms with Gasteiger partial charge in [0.25, 0.3) is 0 Å². The molecule has 0 aromatic heterocycles. The van der Waals surface area contributed by atoms with Crippen molar-refractivity contribution in [1.29, 1.82) is 0 Å². The van der Waals surface area contributed by atoms with Crippen LogP contribution in [-0.4, -0.2) is 41.3 Å². The summed E-state index contributed by atoms with van der Waals surface area (Å²) in [7, 11) is 0. The molecule has 0 spiro atoms. The summed E-state index contributed by atoms with van der Waals surface area (Å²) in [6.07, 6.45) is -0.549. The number of aliphatic carboxylic acids is 1. The van der Waals surface area contributed by atoms with Crippen LogP contribution in [-0.2, 0) is 9.53 Å². The first-order chi connectivity index (χ1) is 12.1. The number of benzene rings is 2. The van der Waals surface area contributed by atoms with E-state index >= 15 is 0 Å². The first-order valence-corrected chi connectivity index (χ1v) is 8.42. The molecule has 2 aromatic carbocycles. The van der Waals surface area contributed by atoms with Crippen molar-refractivity contribution in [3.05, 3.63) is 59.7 Å². The van der Waals surface area contributed by atoms with Gasteiger partial charge in [-0.2, -0.15) is 0 Å². The molecule has 4 rings (SSSR count). The number of carboxylic acids is 1. The molecule has 1 aliphatic carbocycles. The van der Waals surface area contributed by atoms with E-state index in [1.807, 2.05) is 31.2 Å². The largest absolute Gasteiger partial charge is 0.480 e. The minimum Gasteiger partial charge on any atom is -0.480 e. The van der Waals surface area contributed by atoms with Crippen LogP contribution in [0.5, 0.6) is 0 Å². The lowest BCUT2D eigenvalue weighted by Gasteiger charge is -2.42. The number of hydrogen-bond donors (Lipinski definition) is 1. The lowest BCUT2D eigenvalue weighted by Crippen LogP contribution is -2.61. The summed E-state index contributed by atoms with van der Waals surface area (Å²) in [5.41, 5.74) is 4.62. The number of ether oxygens (including phenoxy) is 1. The second kappa shape index (κ2) is 5.92. The summed E-state index contributed by atoms with van der Waals surface area (Å²) in [5.74, 6) is -1.04. The SMILES string of the molecule is C[C@H]1CN(C(=O)OCC2c3ccccc3-c3ccccc32)[C@H]1C(=O)O. The molecule has 1 N–H and O–H groups in total. The molecule has 1 aliphatic heterocycles. The van der Waals surface area contributed by atoms with Gasteiger partial charge in [0.2, 0.25) is 0 Å². The van der Waals surface area contributed by atoms with Gasteiger partial charge in [0.05, 0.1) is 0 Å². The van der Waals surface area contributed by atoms with Gasteiger partial charge < -0.3 is 9.84 Å². The summed E-state index contributed by atoms with van der Waals surface area (Å²) in [6, 6.07) is 15.5. The van der Waals surface area contributed by atoms with Crippen molar-refractivity contribution in [1.82, 2.24) is 4.90 Å². The predicted molar refractivity (Wildman–Crippen MR) is 92.4 cm³/mol. The third-order valence-corrected chi connectivity index (χ3v) is 5.18. The molecule has 1 saturated heterocycles. The van der Waals surface area contributed by atoms with E-state index in [2.05, 4.69) is 24.3 Å². The lowest BCUT2D eigenvalue weighted by atomic mass is 9.91. The van der Waals surface area contributed by atoms with Crippen LogP contribution < -0.4 is 0 Å². The Labute approximate surface area is 145 Å². The quantitative estimate of drug-likeness (QED) is 0.933. The van der Waals surface area contributed by atoms with Gasteiger partial charge >= 0.3 is 12.1 Å². The van der Waals surface area contributed by atoms with Crippen LogP contribution >= 0.6 is 0 Å². The van der Waals surface area contributed by atoms with Crippen LogP contribution in [0.25, 0.3) is 11.1 Å². The van der Waals surface area contributed by atoms with Gasteiger partial charge in [0, 0.05) is 18.4 Å². The third-order valence-electron chi connectivity index (χ3n) is 5.18. The van der Waals surface area contributed by atoms with Crippen molar-refractivity contribution >= 4 is 12.1 Å². The van der Waals surface area contributed by atoms with E-state index in [1.54, 1.807) is 0 Å². The van der Waals surface area contributed by atoms with Gasteiger partial charge in [-0.15, -0.1) is 0 Å². The molecule has 25 heavy (non-hydrogen) atoms. The van der Waals surface area contributed by atoms with Gasteiger partial charge in [-0.05, 0) is 22.3 Å². The summed E-state index contributed by atoms with van der Waals surface area (Å²) < 4.78 is 5.50. The highest BCUT2D eigenvalue weighted by Crippen LogP contribution is 2.44. The maximum Gasteiger partial charge on any atom is 0.410 e. The van der Waals surface area contributed by atoms with E-state index in [0.29, 0.717) is 6.54 Å². The highest BCUT2D eigenvalue weighted by Gasteiger charge is 2.45. The monoisotopic (exact) mass is 337 g/mol. The molecule has 0 radical (unpaired) electrons. The molecular weight excluding hydrogens is 318 g/mol. The van der Waals surface area contributed by atoms with Gasteiger partial charge in [-0.25, -0.2) is 9.59 Å². The van der Waals surface area contributed by atoms with Crippen molar-refractivity contribution < 1.29 is 19.4 Å². The fourth-order valence-corrected chi connectivity index (χ4v) is 3.93. The van der Waals surface area contributed by atoms with Gasteiger partial charge in [0.15, 0.2) is 0 Å². The zero-order valence-corrected chi connectivity index (χ0v) is 13.9. The second-order valence-electron chi connectivity index (χ2n) is 6.72. The van der Waals surface area contributed by atoms with Crippen molar-refractivity contribution in [3.8, 4) is 11.1 Å². The smallest absolute Gasteiger partial charge is 0.410 e. The molecule has 0 unspecified atom stereocenters. The number of carbonyl (C=O) groups is 2. The molecule has 1 fully saturated rings. The number of hydrogen-bond acceptors (Lipinski definition) is 3. The molecule has 5 nitrogen and oxygen atoms in total. The number of carboxylic acid groups (broad SMARTS) is 1. The van der Waals surface area contributed by atoms with Gasteiger partial charge in [0.1, 0.15) is 12.6 Å². The Morgan fingerprint density at radius 3 is 2.16 bits per heavy atom. The lowest BCUT2D eigenvalue weighted by molar-refractivity contribution is -0.150. The second-order valence-corrected chi connectivity index (χ2v) is 6.72. The van der Waals surface area contributed by atoms with E-state index < -0.39 is 18.1 Å². The van der Waals surface area contributed by atoms with Crippen LogP contribution in [0.1, 0.15) is 24.0 Å². The fourth-order valence-electron chi connectivity index (χ4n) is 3.93. The van der Waals surface area contributed by atoms with Gasteiger partial charge in [-0.1, -0.05) is 55.5 Å². The molecule has 5 heteroatoms. The van der Waals surface area contributed by atoms with Crippen LogP contribution in [0.4, 0.5) is 4.79 Å². The number of likely N-dealkylation sites (tertiary alicyclic amines) is 1. The number of fused-ring (bicyclic) bond motifs is 3. The minimum atomic E-state index is -0.979. The van der Waals surface area contributed by atoms with E-state index in [-0.39, 0.29) is 18.4 Å². The summed E-state index contributed by atoms with van der Waals surface area (Å²) in [6.45, 7) is 2.46. The van der Waals surface area contributed by atoms with Crippen molar-refractivity contribution in [2.45, 2.75) is 18.9 Å². The van der Waals surface area contributed by atoms with Crippen LogP contribution in [0.2, 0.25) is 0 Å². The average Bonchev–Trinajstić information content (AvgIpc) is 2.91. The normalized spacial score (nSPS) is 21.2. The molecule has 2 atom stereocenters. The highest BCUT2D eigenvalue weighted by atomic mass is 16.6.